The third kappa shape index (κ3) is 53.5. The van der Waals surface area contributed by atoms with Crippen LogP contribution in [0.3, 0.4) is 0 Å². The summed E-state index contributed by atoms with van der Waals surface area (Å²) in [7, 11) is 0. The standard InChI is InChI=1S/C62H106O6/c1-4-7-10-13-16-18-20-22-24-25-26-27-28-29-30-31-32-33-34-35-36-37-39-40-42-44-46-49-52-55-61(64)67-58-59(57-66-60(63)54-51-48-15-12-9-6-3)68-62(65)56-53-50-47-45-43-41-38-23-21-19-17-14-11-8-5-2/h7,10,16,18,22,24,26-27,29-30,32-33,35-36,59H,4-6,8-9,11-15,17,19-21,23,25,28,31,34,37-58H2,1-3H3/b10-7-,18-16-,24-22-,27-26-,30-29-,33-32-,36-35-. The second-order valence-electron chi connectivity index (χ2n) is 18.8. The van der Waals surface area contributed by atoms with E-state index in [-0.39, 0.29) is 31.1 Å². The topological polar surface area (TPSA) is 78.9 Å². The number of hydrogen-bond donors (Lipinski definition) is 0. The Kier molecular flexibility index (Phi) is 53.4. The van der Waals surface area contributed by atoms with Crippen LogP contribution in [-0.4, -0.2) is 37.2 Å². The van der Waals surface area contributed by atoms with Crippen molar-refractivity contribution in [3.8, 4) is 0 Å². The summed E-state index contributed by atoms with van der Waals surface area (Å²) in [5.74, 6) is -0.893. The number of rotatable bonds is 51. The molecule has 0 amide bonds. The zero-order chi connectivity index (χ0) is 49.3. The molecule has 6 heteroatoms. The molecule has 0 spiro atoms. The molecule has 0 radical (unpaired) electrons. The molecule has 0 heterocycles. The molecule has 0 aliphatic heterocycles. The van der Waals surface area contributed by atoms with Crippen molar-refractivity contribution >= 4 is 17.9 Å². The summed E-state index contributed by atoms with van der Waals surface area (Å²) in [6.45, 7) is 6.47. The number of ether oxygens (including phenoxy) is 3. The van der Waals surface area contributed by atoms with Gasteiger partial charge in [0.1, 0.15) is 13.2 Å². The van der Waals surface area contributed by atoms with Crippen LogP contribution in [0.4, 0.5) is 0 Å². The van der Waals surface area contributed by atoms with E-state index in [1.54, 1.807) is 0 Å². The van der Waals surface area contributed by atoms with Gasteiger partial charge < -0.3 is 14.2 Å². The molecular weight excluding hydrogens is 841 g/mol. The summed E-state index contributed by atoms with van der Waals surface area (Å²) in [5.41, 5.74) is 0. The van der Waals surface area contributed by atoms with Crippen molar-refractivity contribution in [1.29, 1.82) is 0 Å². The van der Waals surface area contributed by atoms with Gasteiger partial charge in [-0.25, -0.2) is 0 Å². The fourth-order valence-corrected chi connectivity index (χ4v) is 7.89. The van der Waals surface area contributed by atoms with E-state index in [1.807, 2.05) is 0 Å². The highest BCUT2D eigenvalue weighted by atomic mass is 16.6. The zero-order valence-corrected chi connectivity index (χ0v) is 44.6. The van der Waals surface area contributed by atoms with E-state index < -0.39 is 6.10 Å². The van der Waals surface area contributed by atoms with Crippen LogP contribution in [0.5, 0.6) is 0 Å². The van der Waals surface area contributed by atoms with Gasteiger partial charge in [-0.05, 0) is 77.0 Å². The second-order valence-corrected chi connectivity index (χ2v) is 18.8. The third-order valence-electron chi connectivity index (χ3n) is 12.2. The fraction of sp³-hybridized carbons (Fsp3) is 0.726. The quantitative estimate of drug-likeness (QED) is 0.0262. The Hall–Kier alpha value is -3.41. The Bertz CT molecular complexity index is 1320. The Labute approximate surface area is 420 Å². The molecule has 0 aromatic heterocycles. The smallest absolute Gasteiger partial charge is 0.306 e. The van der Waals surface area contributed by atoms with Gasteiger partial charge in [0.25, 0.3) is 0 Å². The predicted molar refractivity (Wildman–Crippen MR) is 293 cm³/mol. The SMILES string of the molecule is CC/C=C\C/C=C\C/C=C\C/C=C\C/C=C\C/C=C\C/C=C\CCCCCCCCCC(=O)OCC(COC(=O)CCCCCCCC)OC(=O)CCCCCCCCCCCCCCCCC. The average molecular weight is 948 g/mol. The van der Waals surface area contributed by atoms with Gasteiger partial charge in [-0.2, -0.15) is 0 Å². The number of esters is 3. The van der Waals surface area contributed by atoms with Crippen LogP contribution < -0.4 is 0 Å². The number of hydrogen-bond acceptors (Lipinski definition) is 6. The molecule has 1 atom stereocenters. The van der Waals surface area contributed by atoms with Crippen molar-refractivity contribution in [2.45, 2.75) is 277 Å². The van der Waals surface area contributed by atoms with Gasteiger partial charge in [0.05, 0.1) is 0 Å². The van der Waals surface area contributed by atoms with Gasteiger partial charge in [0.15, 0.2) is 6.10 Å². The molecule has 6 nitrogen and oxygen atoms in total. The molecule has 0 aliphatic rings. The van der Waals surface area contributed by atoms with E-state index in [4.69, 9.17) is 14.2 Å². The monoisotopic (exact) mass is 947 g/mol. The molecule has 0 saturated carbocycles. The van der Waals surface area contributed by atoms with E-state index in [1.165, 1.54) is 122 Å². The van der Waals surface area contributed by atoms with E-state index in [2.05, 4.69) is 106 Å². The molecule has 0 N–H and O–H groups in total. The summed E-state index contributed by atoms with van der Waals surface area (Å²) < 4.78 is 16.7. The van der Waals surface area contributed by atoms with Crippen LogP contribution >= 0.6 is 0 Å². The lowest BCUT2D eigenvalue weighted by molar-refractivity contribution is -0.167. The van der Waals surface area contributed by atoms with Gasteiger partial charge in [0, 0.05) is 19.3 Å². The van der Waals surface area contributed by atoms with Gasteiger partial charge in [-0.15, -0.1) is 0 Å². The average Bonchev–Trinajstić information content (AvgIpc) is 3.34. The molecule has 0 aliphatic carbocycles. The summed E-state index contributed by atoms with van der Waals surface area (Å²) in [4.78, 5) is 37.8. The molecular formula is C62H106O6. The van der Waals surface area contributed by atoms with Gasteiger partial charge in [-0.3, -0.25) is 14.4 Å². The summed E-state index contributed by atoms with van der Waals surface area (Å²) in [5, 5.41) is 0. The lowest BCUT2D eigenvalue weighted by atomic mass is 10.0. The number of carbonyl (C=O) groups is 3. The number of allylic oxidation sites excluding steroid dienone is 14. The first-order valence-electron chi connectivity index (χ1n) is 28.6. The van der Waals surface area contributed by atoms with Gasteiger partial charge in [-0.1, -0.05) is 260 Å². The highest BCUT2D eigenvalue weighted by molar-refractivity contribution is 5.71. The van der Waals surface area contributed by atoms with Crippen LogP contribution in [0, 0.1) is 0 Å². The molecule has 0 aromatic rings. The maximum Gasteiger partial charge on any atom is 0.306 e. The maximum absolute atomic E-state index is 12.8. The first kappa shape index (κ1) is 64.6. The Morgan fingerprint density at radius 3 is 0.897 bits per heavy atom. The molecule has 1 unspecified atom stereocenters. The first-order valence-corrected chi connectivity index (χ1v) is 28.6. The largest absolute Gasteiger partial charge is 0.462 e. The maximum atomic E-state index is 12.8. The van der Waals surface area contributed by atoms with Crippen molar-refractivity contribution in [1.82, 2.24) is 0 Å². The van der Waals surface area contributed by atoms with Gasteiger partial charge in [0.2, 0.25) is 0 Å². The Balaban J connectivity index is 4.14. The minimum atomic E-state index is -0.775. The molecule has 0 fully saturated rings. The fourth-order valence-electron chi connectivity index (χ4n) is 7.89. The Morgan fingerprint density at radius 1 is 0.309 bits per heavy atom. The van der Waals surface area contributed by atoms with Gasteiger partial charge >= 0.3 is 17.9 Å². The van der Waals surface area contributed by atoms with Crippen molar-refractivity contribution in [3.63, 3.8) is 0 Å². The third-order valence-corrected chi connectivity index (χ3v) is 12.2. The van der Waals surface area contributed by atoms with E-state index in [9.17, 15) is 14.4 Å². The second kappa shape index (κ2) is 56.2. The van der Waals surface area contributed by atoms with Crippen LogP contribution in [0.25, 0.3) is 0 Å². The number of carbonyl (C=O) groups excluding carboxylic acids is 3. The minimum Gasteiger partial charge on any atom is -0.462 e. The van der Waals surface area contributed by atoms with Crippen LogP contribution in [0.15, 0.2) is 85.1 Å². The first-order chi connectivity index (χ1) is 33.5. The summed E-state index contributed by atoms with van der Waals surface area (Å²) in [6.07, 6.45) is 73.2. The van der Waals surface area contributed by atoms with Crippen LogP contribution in [0.1, 0.15) is 271 Å². The Morgan fingerprint density at radius 2 is 0.574 bits per heavy atom. The van der Waals surface area contributed by atoms with Crippen molar-refractivity contribution in [2.24, 2.45) is 0 Å². The zero-order valence-electron chi connectivity index (χ0n) is 44.6. The molecule has 0 aromatic carbocycles. The summed E-state index contributed by atoms with van der Waals surface area (Å²) in [6, 6.07) is 0. The van der Waals surface area contributed by atoms with Crippen molar-refractivity contribution in [2.75, 3.05) is 13.2 Å². The lowest BCUT2D eigenvalue weighted by Crippen LogP contribution is -2.30. The van der Waals surface area contributed by atoms with Crippen molar-refractivity contribution < 1.29 is 28.6 Å². The molecule has 0 bridgehead atoms. The molecule has 0 saturated heterocycles. The van der Waals surface area contributed by atoms with E-state index in [0.29, 0.717) is 19.3 Å². The van der Waals surface area contributed by atoms with Crippen LogP contribution in [-0.2, 0) is 28.6 Å². The molecule has 68 heavy (non-hydrogen) atoms. The van der Waals surface area contributed by atoms with Crippen LogP contribution in [0.2, 0.25) is 0 Å². The normalized spacial score (nSPS) is 12.7. The highest BCUT2D eigenvalue weighted by Gasteiger charge is 2.19. The minimum absolute atomic E-state index is 0.0776. The van der Waals surface area contributed by atoms with E-state index in [0.717, 1.165) is 109 Å². The molecule has 0 rings (SSSR count). The highest BCUT2D eigenvalue weighted by Crippen LogP contribution is 2.16. The summed E-state index contributed by atoms with van der Waals surface area (Å²) >= 11 is 0. The van der Waals surface area contributed by atoms with Crippen molar-refractivity contribution in [3.05, 3.63) is 85.1 Å². The molecule has 390 valence electrons. The number of unbranched alkanes of at least 4 members (excludes halogenated alkanes) is 26. The van der Waals surface area contributed by atoms with E-state index >= 15 is 0 Å². The predicted octanol–water partition coefficient (Wildman–Crippen LogP) is 19.2. The lowest BCUT2D eigenvalue weighted by Gasteiger charge is -2.18.